The molecule has 176 valence electrons. The number of nitrogens with zero attached hydrogens (tertiary/aromatic N) is 6. The number of aromatic nitrogens is 6. The minimum atomic E-state index is -4.09. The van der Waals surface area contributed by atoms with E-state index in [-0.39, 0.29) is 11.8 Å². The lowest BCUT2D eigenvalue weighted by atomic mass is 10.1. The summed E-state index contributed by atoms with van der Waals surface area (Å²) in [5, 5.41) is 6.89. The number of hydrogen-bond acceptors (Lipinski definition) is 8. The Kier molecular flexibility index (Phi) is 6.34. The third kappa shape index (κ3) is 4.55. The Morgan fingerprint density at radius 1 is 1.12 bits per heavy atom. The molecule has 13 heteroatoms. The third-order valence-corrected chi connectivity index (χ3v) is 7.45. The number of pyridine rings is 1. The Morgan fingerprint density at radius 2 is 1.79 bits per heavy atom. The van der Waals surface area contributed by atoms with E-state index in [0.29, 0.717) is 18.9 Å². The van der Waals surface area contributed by atoms with E-state index >= 15 is 0 Å². The van der Waals surface area contributed by atoms with Crippen molar-refractivity contribution < 1.29 is 21.9 Å². The molecular weight excluding hydrogens is 456 g/mol. The Hall–Kier alpha value is -3.06. The molecule has 1 aliphatic rings. The minimum absolute atomic E-state index is 0.0942. The largest absolute Gasteiger partial charge is 0.370 e. The fourth-order valence-electron chi connectivity index (χ4n) is 3.53. The molecule has 0 aliphatic carbocycles. The van der Waals surface area contributed by atoms with Crippen molar-refractivity contribution in [2.24, 2.45) is 0 Å². The highest BCUT2D eigenvalue weighted by atomic mass is 32.2. The van der Waals surface area contributed by atoms with Gasteiger partial charge >= 0.3 is 0 Å². The lowest BCUT2D eigenvalue weighted by molar-refractivity contribution is 0.103. The third-order valence-electron chi connectivity index (χ3n) is 5.59. The van der Waals surface area contributed by atoms with Crippen molar-refractivity contribution in [1.29, 1.82) is 0 Å². The van der Waals surface area contributed by atoms with Gasteiger partial charge in [-0.3, -0.25) is 14.3 Å². The SMILES string of the molecule is Cc1cnc(C(C)C(C)S(=O)(=O)Nc2nnc([C@H]3CCCO3)n2-c2c(F)cncc2F)nc1. The van der Waals surface area contributed by atoms with E-state index in [1.54, 1.807) is 19.3 Å². The molecular formula is C20H23F2N7O3S. The number of anilines is 1. The summed E-state index contributed by atoms with van der Waals surface area (Å²) < 4.78 is 64.6. The maximum atomic E-state index is 14.6. The van der Waals surface area contributed by atoms with E-state index in [1.165, 1.54) is 6.92 Å². The number of sulfonamides is 1. The Balaban J connectivity index is 1.72. The van der Waals surface area contributed by atoms with Crippen LogP contribution in [-0.2, 0) is 14.8 Å². The molecule has 0 amide bonds. The minimum Gasteiger partial charge on any atom is -0.370 e. The molecule has 3 atom stereocenters. The molecule has 0 saturated carbocycles. The predicted molar refractivity (Wildman–Crippen MR) is 114 cm³/mol. The normalized spacial score (nSPS) is 18.3. The Morgan fingerprint density at radius 3 is 2.39 bits per heavy atom. The maximum absolute atomic E-state index is 14.6. The molecule has 4 heterocycles. The van der Waals surface area contributed by atoms with Crippen LogP contribution in [0, 0.1) is 18.6 Å². The quantitative estimate of drug-likeness (QED) is 0.549. The van der Waals surface area contributed by atoms with Crippen molar-refractivity contribution in [1.82, 2.24) is 29.7 Å². The van der Waals surface area contributed by atoms with Gasteiger partial charge in [0.05, 0.1) is 17.6 Å². The first-order valence-corrected chi connectivity index (χ1v) is 11.9. The van der Waals surface area contributed by atoms with Gasteiger partial charge in [0.15, 0.2) is 17.5 Å². The van der Waals surface area contributed by atoms with E-state index in [9.17, 15) is 17.2 Å². The molecule has 0 radical (unpaired) electrons. The van der Waals surface area contributed by atoms with Crippen molar-refractivity contribution in [3.8, 4) is 5.69 Å². The number of aryl methyl sites for hydroxylation is 1. The topological polar surface area (TPSA) is 125 Å². The van der Waals surface area contributed by atoms with Crippen molar-refractivity contribution in [2.45, 2.75) is 50.9 Å². The molecule has 0 aromatic carbocycles. The molecule has 3 aromatic heterocycles. The average Bonchev–Trinajstić information content (AvgIpc) is 3.43. The number of halogens is 2. The number of rotatable bonds is 7. The van der Waals surface area contributed by atoms with Crippen LogP contribution in [-0.4, -0.2) is 50.0 Å². The summed E-state index contributed by atoms with van der Waals surface area (Å²) in [6.45, 7) is 5.45. The second kappa shape index (κ2) is 9.06. The molecule has 1 aliphatic heterocycles. The van der Waals surface area contributed by atoms with Crippen LogP contribution in [0.25, 0.3) is 5.69 Å². The van der Waals surface area contributed by atoms with E-state index in [2.05, 4.69) is 29.9 Å². The van der Waals surface area contributed by atoms with Gasteiger partial charge in [-0.25, -0.2) is 27.2 Å². The highest BCUT2D eigenvalue weighted by molar-refractivity contribution is 7.93. The van der Waals surface area contributed by atoms with Gasteiger partial charge in [-0.15, -0.1) is 10.2 Å². The monoisotopic (exact) mass is 479 g/mol. The lowest BCUT2D eigenvalue weighted by Gasteiger charge is -2.21. The van der Waals surface area contributed by atoms with Gasteiger partial charge in [-0.2, -0.15) is 0 Å². The van der Waals surface area contributed by atoms with Gasteiger partial charge in [-0.1, -0.05) is 6.92 Å². The van der Waals surface area contributed by atoms with Crippen molar-refractivity contribution in [2.75, 3.05) is 11.3 Å². The molecule has 0 bridgehead atoms. The van der Waals surface area contributed by atoms with Crippen LogP contribution in [0.3, 0.4) is 0 Å². The van der Waals surface area contributed by atoms with Gasteiger partial charge in [0, 0.05) is 24.9 Å². The summed E-state index contributed by atoms with van der Waals surface area (Å²) in [6.07, 6.45) is 5.56. The standard InChI is InChI=1S/C20H23F2N7O3S/c1-11-7-24-18(25-8-11)12(2)13(3)33(30,31)28-20-27-26-19(16-5-4-6-32-16)29(20)17-14(21)9-23-10-15(17)22/h7-10,12-13,16H,4-6H2,1-3H3,(H,27,28)/t12?,13?,16-/m1/s1. The molecule has 1 saturated heterocycles. The predicted octanol–water partition coefficient (Wildman–Crippen LogP) is 2.82. The average molecular weight is 480 g/mol. The van der Waals surface area contributed by atoms with E-state index in [0.717, 1.165) is 28.9 Å². The molecule has 4 rings (SSSR count). The zero-order valence-electron chi connectivity index (χ0n) is 18.2. The smallest absolute Gasteiger partial charge is 0.243 e. The van der Waals surface area contributed by atoms with Crippen LogP contribution in [0.4, 0.5) is 14.7 Å². The zero-order valence-corrected chi connectivity index (χ0v) is 19.1. The van der Waals surface area contributed by atoms with Crippen LogP contribution in [0.2, 0.25) is 0 Å². The highest BCUT2D eigenvalue weighted by Crippen LogP contribution is 2.33. The van der Waals surface area contributed by atoms with E-state index in [1.807, 2.05) is 6.92 Å². The summed E-state index contributed by atoms with van der Waals surface area (Å²) in [5.74, 6) is -2.48. The number of nitrogens with one attached hydrogen (secondary N) is 1. The van der Waals surface area contributed by atoms with Crippen molar-refractivity contribution in [3.05, 3.63) is 53.6 Å². The molecule has 10 nitrogen and oxygen atoms in total. The molecule has 2 unspecified atom stereocenters. The van der Waals surface area contributed by atoms with Crippen LogP contribution in [0.1, 0.15) is 55.9 Å². The molecule has 1 fully saturated rings. The van der Waals surface area contributed by atoms with Crippen molar-refractivity contribution >= 4 is 16.0 Å². The van der Waals surface area contributed by atoms with Gasteiger partial charge in [0.1, 0.15) is 17.6 Å². The maximum Gasteiger partial charge on any atom is 0.243 e. The molecule has 1 N–H and O–H groups in total. The Bertz CT molecular complexity index is 1220. The highest BCUT2D eigenvalue weighted by Gasteiger charge is 2.34. The van der Waals surface area contributed by atoms with Crippen LogP contribution in [0.5, 0.6) is 0 Å². The summed E-state index contributed by atoms with van der Waals surface area (Å²) in [7, 11) is -4.09. The molecule has 0 spiro atoms. The molecule has 33 heavy (non-hydrogen) atoms. The van der Waals surface area contributed by atoms with Gasteiger partial charge in [-0.05, 0) is 32.3 Å². The summed E-state index contributed by atoms with van der Waals surface area (Å²) >= 11 is 0. The second-order valence-corrected chi connectivity index (χ2v) is 9.97. The number of ether oxygens (including phenoxy) is 1. The Labute approximate surface area is 189 Å². The summed E-state index contributed by atoms with van der Waals surface area (Å²) in [5.41, 5.74) is 0.302. The zero-order chi connectivity index (χ0) is 23.8. The van der Waals surface area contributed by atoms with Gasteiger partial charge < -0.3 is 4.74 Å². The van der Waals surface area contributed by atoms with Gasteiger partial charge in [0.2, 0.25) is 16.0 Å². The van der Waals surface area contributed by atoms with Gasteiger partial charge in [0.25, 0.3) is 0 Å². The van der Waals surface area contributed by atoms with Crippen LogP contribution in [0.15, 0.2) is 24.8 Å². The first-order chi connectivity index (χ1) is 15.7. The fourth-order valence-corrected chi connectivity index (χ4v) is 4.76. The second-order valence-electron chi connectivity index (χ2n) is 7.93. The summed E-state index contributed by atoms with van der Waals surface area (Å²) in [6, 6.07) is 0. The fraction of sp³-hybridized carbons (Fsp3) is 0.450. The summed E-state index contributed by atoms with van der Waals surface area (Å²) in [4.78, 5) is 11.9. The lowest BCUT2D eigenvalue weighted by Crippen LogP contribution is -2.31. The van der Waals surface area contributed by atoms with Crippen molar-refractivity contribution in [3.63, 3.8) is 0 Å². The first-order valence-electron chi connectivity index (χ1n) is 10.4. The van der Waals surface area contributed by atoms with E-state index < -0.39 is 44.6 Å². The molecule has 3 aromatic rings. The van der Waals surface area contributed by atoms with Crippen LogP contribution < -0.4 is 4.72 Å². The number of hydrogen-bond donors (Lipinski definition) is 1. The van der Waals surface area contributed by atoms with E-state index in [4.69, 9.17) is 4.74 Å². The first kappa shape index (κ1) is 23.1. The van der Waals surface area contributed by atoms with Crippen LogP contribution >= 0.6 is 0 Å².